The first-order chi connectivity index (χ1) is 10.0. The van der Waals surface area contributed by atoms with Crippen LogP contribution < -0.4 is 16.6 Å². The number of thioether (sulfide) groups is 1. The first-order valence-electron chi connectivity index (χ1n) is 5.93. The molecule has 0 atom stereocenters. The van der Waals surface area contributed by atoms with Crippen molar-refractivity contribution in [1.29, 1.82) is 0 Å². The largest absolute Gasteiger partial charge is 0.383 e. The molecule has 1 aromatic heterocycles. The molecule has 0 fully saturated rings. The SMILES string of the molecule is Nc1cc(=O)[nH]c(SCC(=O)NC(=O)c2ccccc2)n1. The topological polar surface area (TPSA) is 118 Å². The summed E-state index contributed by atoms with van der Waals surface area (Å²) in [5.41, 5.74) is 5.42. The van der Waals surface area contributed by atoms with Gasteiger partial charge in [-0.2, -0.15) is 0 Å². The summed E-state index contributed by atoms with van der Waals surface area (Å²) in [6.07, 6.45) is 0. The Balaban J connectivity index is 1.90. The van der Waals surface area contributed by atoms with Crippen molar-refractivity contribution < 1.29 is 9.59 Å². The number of carbonyl (C=O) groups is 2. The van der Waals surface area contributed by atoms with Crippen LogP contribution >= 0.6 is 11.8 Å². The van der Waals surface area contributed by atoms with E-state index in [4.69, 9.17) is 5.73 Å². The van der Waals surface area contributed by atoms with Gasteiger partial charge >= 0.3 is 0 Å². The Morgan fingerprint density at radius 2 is 2.00 bits per heavy atom. The van der Waals surface area contributed by atoms with E-state index in [-0.39, 0.29) is 16.7 Å². The van der Waals surface area contributed by atoms with Crippen LogP contribution in [0.3, 0.4) is 0 Å². The number of benzene rings is 1. The van der Waals surface area contributed by atoms with Crippen LogP contribution in [0.15, 0.2) is 46.3 Å². The number of nitrogen functional groups attached to an aromatic ring is 1. The number of rotatable bonds is 4. The molecule has 0 radical (unpaired) electrons. The summed E-state index contributed by atoms with van der Waals surface area (Å²) in [5.74, 6) is -0.957. The summed E-state index contributed by atoms with van der Waals surface area (Å²) >= 11 is 0.983. The first-order valence-corrected chi connectivity index (χ1v) is 6.92. The molecule has 4 N–H and O–H groups in total. The molecule has 108 valence electrons. The molecule has 0 saturated heterocycles. The second-order valence-corrected chi connectivity index (χ2v) is 4.97. The molecule has 0 saturated carbocycles. The number of aromatic amines is 1. The van der Waals surface area contributed by atoms with Crippen LogP contribution in [0.2, 0.25) is 0 Å². The van der Waals surface area contributed by atoms with Crippen molar-refractivity contribution in [2.45, 2.75) is 5.16 Å². The Kier molecular flexibility index (Phi) is 4.72. The summed E-state index contributed by atoms with van der Waals surface area (Å²) in [6.45, 7) is 0. The van der Waals surface area contributed by atoms with Crippen LogP contribution in [0.5, 0.6) is 0 Å². The van der Waals surface area contributed by atoms with Gasteiger partial charge in [0.05, 0.1) is 5.75 Å². The average molecular weight is 304 g/mol. The van der Waals surface area contributed by atoms with Gasteiger partial charge in [-0.3, -0.25) is 19.7 Å². The van der Waals surface area contributed by atoms with Crippen LogP contribution in [0, 0.1) is 0 Å². The molecule has 21 heavy (non-hydrogen) atoms. The maximum absolute atomic E-state index is 11.7. The summed E-state index contributed by atoms with van der Waals surface area (Å²) in [6, 6.07) is 9.53. The van der Waals surface area contributed by atoms with Crippen LogP contribution in [-0.4, -0.2) is 27.5 Å². The third kappa shape index (κ3) is 4.46. The van der Waals surface area contributed by atoms with Crippen molar-refractivity contribution in [3.8, 4) is 0 Å². The number of nitrogens with zero attached hydrogens (tertiary/aromatic N) is 1. The number of carbonyl (C=O) groups excluding carboxylic acids is 2. The van der Waals surface area contributed by atoms with Crippen LogP contribution in [0.4, 0.5) is 5.82 Å². The maximum Gasteiger partial charge on any atom is 0.257 e. The molecular formula is C13H12N4O3S. The maximum atomic E-state index is 11.7. The molecule has 2 amide bonds. The number of imide groups is 1. The zero-order chi connectivity index (χ0) is 15.2. The Hall–Kier alpha value is -2.61. The third-order valence-corrected chi connectivity index (χ3v) is 3.24. The minimum absolute atomic E-state index is 0.0645. The van der Waals surface area contributed by atoms with Crippen molar-refractivity contribution in [2.24, 2.45) is 0 Å². The molecule has 0 aliphatic carbocycles. The highest BCUT2D eigenvalue weighted by Crippen LogP contribution is 2.11. The molecule has 0 spiro atoms. The molecule has 7 nitrogen and oxygen atoms in total. The van der Waals surface area contributed by atoms with Gasteiger partial charge in [-0.1, -0.05) is 30.0 Å². The lowest BCUT2D eigenvalue weighted by Gasteiger charge is -2.04. The van der Waals surface area contributed by atoms with Gasteiger partial charge in [-0.25, -0.2) is 4.98 Å². The summed E-state index contributed by atoms with van der Waals surface area (Å²) in [4.78, 5) is 40.9. The van der Waals surface area contributed by atoms with E-state index < -0.39 is 17.4 Å². The lowest BCUT2D eigenvalue weighted by atomic mass is 10.2. The highest BCUT2D eigenvalue weighted by Gasteiger charge is 2.11. The van der Waals surface area contributed by atoms with Crippen molar-refractivity contribution in [3.63, 3.8) is 0 Å². The summed E-state index contributed by atoms with van der Waals surface area (Å²) in [5, 5.41) is 2.47. The fourth-order valence-corrected chi connectivity index (χ4v) is 2.16. The lowest BCUT2D eigenvalue weighted by Crippen LogP contribution is -2.31. The number of nitrogens with one attached hydrogen (secondary N) is 2. The van der Waals surface area contributed by atoms with E-state index >= 15 is 0 Å². The number of H-pyrrole nitrogens is 1. The summed E-state index contributed by atoms with van der Waals surface area (Å²) in [7, 11) is 0. The van der Waals surface area contributed by atoms with Gasteiger partial charge < -0.3 is 10.7 Å². The van der Waals surface area contributed by atoms with E-state index in [0.29, 0.717) is 5.56 Å². The minimum atomic E-state index is -0.487. The Morgan fingerprint density at radius 1 is 1.29 bits per heavy atom. The third-order valence-electron chi connectivity index (χ3n) is 2.37. The number of anilines is 1. The monoisotopic (exact) mass is 304 g/mol. The smallest absolute Gasteiger partial charge is 0.257 e. The van der Waals surface area contributed by atoms with Gasteiger partial charge in [-0.15, -0.1) is 0 Å². The molecule has 8 heteroatoms. The highest BCUT2D eigenvalue weighted by molar-refractivity contribution is 7.99. The predicted molar refractivity (Wildman–Crippen MR) is 78.9 cm³/mol. The standard InChI is InChI=1S/C13H12N4O3S/c14-9-6-10(18)17-13(15-9)21-7-11(19)16-12(20)8-4-2-1-3-5-8/h1-6H,7H2,(H,16,19,20)(H3,14,15,17,18). The molecule has 0 unspecified atom stereocenters. The number of amides is 2. The second-order valence-electron chi connectivity index (χ2n) is 4.01. The van der Waals surface area contributed by atoms with Gasteiger partial charge in [0.15, 0.2) is 5.16 Å². The molecule has 1 aromatic carbocycles. The Morgan fingerprint density at radius 3 is 2.67 bits per heavy atom. The van der Waals surface area contributed by atoms with E-state index in [1.54, 1.807) is 30.3 Å². The van der Waals surface area contributed by atoms with E-state index in [1.807, 2.05) is 0 Å². The van der Waals surface area contributed by atoms with Crippen molar-refractivity contribution >= 4 is 29.4 Å². The fraction of sp³-hybridized carbons (Fsp3) is 0.0769. The molecule has 0 aliphatic heterocycles. The zero-order valence-electron chi connectivity index (χ0n) is 10.8. The zero-order valence-corrected chi connectivity index (χ0v) is 11.6. The number of nitrogens with two attached hydrogens (primary N) is 1. The first kappa shape index (κ1) is 14.8. The van der Waals surface area contributed by atoms with Gasteiger partial charge in [0.1, 0.15) is 5.82 Å². The van der Waals surface area contributed by atoms with Gasteiger partial charge in [-0.05, 0) is 12.1 Å². The van der Waals surface area contributed by atoms with Gasteiger partial charge in [0.2, 0.25) is 5.91 Å². The van der Waals surface area contributed by atoms with E-state index in [0.717, 1.165) is 17.8 Å². The number of aromatic nitrogens is 2. The summed E-state index contributed by atoms with van der Waals surface area (Å²) < 4.78 is 0. The van der Waals surface area contributed by atoms with Crippen molar-refractivity contribution in [2.75, 3.05) is 11.5 Å². The Bertz CT molecular complexity index is 715. The Labute approximate surface area is 124 Å². The molecule has 0 bridgehead atoms. The molecule has 2 rings (SSSR count). The molecule has 2 aromatic rings. The van der Waals surface area contributed by atoms with E-state index in [1.165, 1.54) is 0 Å². The molecule has 1 heterocycles. The van der Waals surface area contributed by atoms with Crippen LogP contribution in [0.1, 0.15) is 10.4 Å². The molecular weight excluding hydrogens is 292 g/mol. The van der Waals surface area contributed by atoms with Crippen molar-refractivity contribution in [1.82, 2.24) is 15.3 Å². The normalized spacial score (nSPS) is 10.1. The van der Waals surface area contributed by atoms with Crippen LogP contribution in [-0.2, 0) is 4.79 Å². The number of hydrogen-bond donors (Lipinski definition) is 3. The highest BCUT2D eigenvalue weighted by atomic mass is 32.2. The minimum Gasteiger partial charge on any atom is -0.383 e. The number of hydrogen-bond acceptors (Lipinski definition) is 6. The van der Waals surface area contributed by atoms with Gasteiger partial charge in [0, 0.05) is 11.6 Å². The second kappa shape index (κ2) is 6.71. The average Bonchev–Trinajstić information content (AvgIpc) is 2.45. The fourth-order valence-electron chi connectivity index (χ4n) is 1.48. The van der Waals surface area contributed by atoms with Crippen molar-refractivity contribution in [3.05, 3.63) is 52.3 Å². The molecule has 0 aliphatic rings. The van der Waals surface area contributed by atoms with E-state index in [9.17, 15) is 14.4 Å². The predicted octanol–water partition coefficient (Wildman–Crippen LogP) is 0.401. The van der Waals surface area contributed by atoms with E-state index in [2.05, 4.69) is 15.3 Å². The lowest BCUT2D eigenvalue weighted by molar-refractivity contribution is -0.117. The quantitative estimate of drug-likeness (QED) is 0.556. The van der Waals surface area contributed by atoms with Gasteiger partial charge in [0.25, 0.3) is 11.5 Å². The van der Waals surface area contributed by atoms with Crippen LogP contribution in [0.25, 0.3) is 0 Å².